The highest BCUT2D eigenvalue weighted by molar-refractivity contribution is 14.0. The average Bonchev–Trinajstić information content (AvgIpc) is 3.28. The van der Waals surface area contributed by atoms with Crippen LogP contribution in [-0.4, -0.2) is 47.0 Å². The molecule has 160 valence electrons. The van der Waals surface area contributed by atoms with Crippen LogP contribution in [0.15, 0.2) is 72.2 Å². The van der Waals surface area contributed by atoms with Gasteiger partial charge in [-0.2, -0.15) is 5.10 Å². The maximum absolute atomic E-state index is 6.04. The minimum Gasteiger partial charge on any atom is -0.490 e. The van der Waals surface area contributed by atoms with Crippen LogP contribution in [0.4, 0.5) is 0 Å². The molecular formula is C21H26ClIN6O. The van der Waals surface area contributed by atoms with E-state index in [4.69, 9.17) is 21.3 Å². The van der Waals surface area contributed by atoms with Crippen molar-refractivity contribution in [3.8, 4) is 5.75 Å². The Balaban J connectivity index is 0.00000320. The summed E-state index contributed by atoms with van der Waals surface area (Å²) in [5.74, 6) is 1.48. The number of nitrogens with zero attached hydrogens (tertiary/aromatic N) is 4. The predicted octanol–water partition coefficient (Wildman–Crippen LogP) is 3.77. The van der Waals surface area contributed by atoms with Crippen LogP contribution in [0.25, 0.3) is 0 Å². The molecule has 3 aromatic rings. The second kappa shape index (κ2) is 13.1. The zero-order valence-electron chi connectivity index (χ0n) is 16.7. The molecule has 2 heterocycles. The average molecular weight is 541 g/mol. The second-order valence-corrected chi connectivity index (χ2v) is 6.67. The Morgan fingerprint density at radius 2 is 2.00 bits per heavy atom. The van der Waals surface area contributed by atoms with Gasteiger partial charge in [0.1, 0.15) is 12.4 Å². The number of rotatable bonds is 9. The smallest absolute Gasteiger partial charge is 0.191 e. The molecule has 0 fully saturated rings. The van der Waals surface area contributed by atoms with Crippen molar-refractivity contribution in [3.63, 3.8) is 0 Å². The number of halogens is 2. The van der Waals surface area contributed by atoms with E-state index in [1.807, 2.05) is 60.3 Å². The van der Waals surface area contributed by atoms with Crippen LogP contribution in [0.3, 0.4) is 0 Å². The Labute approximate surface area is 198 Å². The molecule has 0 amide bonds. The Kier molecular flexibility index (Phi) is 10.4. The number of benzene rings is 1. The van der Waals surface area contributed by atoms with Crippen molar-refractivity contribution < 1.29 is 4.74 Å². The van der Waals surface area contributed by atoms with Gasteiger partial charge in [-0.05, 0) is 42.8 Å². The first-order valence-corrected chi connectivity index (χ1v) is 9.93. The fourth-order valence-electron chi connectivity index (χ4n) is 2.78. The van der Waals surface area contributed by atoms with Gasteiger partial charge in [0, 0.05) is 30.2 Å². The minimum absolute atomic E-state index is 0. The highest BCUT2D eigenvalue weighted by Gasteiger charge is 2.14. The highest BCUT2D eigenvalue weighted by atomic mass is 127. The SMILES string of the molecule is CCNC(=NCC(c1ccc(Cl)cc1)n1cccn1)NCCOc1cccnc1.I. The molecule has 7 nitrogen and oxygen atoms in total. The molecule has 1 unspecified atom stereocenters. The molecule has 0 spiro atoms. The first-order valence-electron chi connectivity index (χ1n) is 9.56. The fraction of sp³-hybridized carbons (Fsp3) is 0.286. The minimum atomic E-state index is -0.0237. The number of aliphatic imine (C=N–C) groups is 1. The van der Waals surface area contributed by atoms with Crippen LogP contribution in [0, 0.1) is 0 Å². The Bertz CT molecular complexity index is 874. The number of aromatic nitrogens is 3. The number of pyridine rings is 1. The number of nitrogens with one attached hydrogen (secondary N) is 2. The monoisotopic (exact) mass is 540 g/mol. The number of guanidine groups is 1. The van der Waals surface area contributed by atoms with Crippen LogP contribution in [0.1, 0.15) is 18.5 Å². The maximum atomic E-state index is 6.04. The van der Waals surface area contributed by atoms with E-state index in [1.165, 1.54) is 0 Å². The predicted molar refractivity (Wildman–Crippen MR) is 131 cm³/mol. The molecule has 0 aliphatic carbocycles. The van der Waals surface area contributed by atoms with Crippen molar-refractivity contribution >= 4 is 41.5 Å². The third-order valence-corrected chi connectivity index (χ3v) is 4.42. The van der Waals surface area contributed by atoms with Crippen LogP contribution in [0.5, 0.6) is 5.75 Å². The van der Waals surface area contributed by atoms with Crippen LogP contribution in [0.2, 0.25) is 5.02 Å². The lowest BCUT2D eigenvalue weighted by molar-refractivity contribution is 0.320. The second-order valence-electron chi connectivity index (χ2n) is 6.24. The summed E-state index contributed by atoms with van der Waals surface area (Å²) in [7, 11) is 0. The van der Waals surface area contributed by atoms with E-state index in [1.54, 1.807) is 18.6 Å². The van der Waals surface area contributed by atoms with Crippen LogP contribution >= 0.6 is 35.6 Å². The van der Waals surface area contributed by atoms with E-state index in [0.29, 0.717) is 24.7 Å². The molecule has 0 aliphatic heterocycles. The molecule has 30 heavy (non-hydrogen) atoms. The Morgan fingerprint density at radius 1 is 1.17 bits per heavy atom. The van der Waals surface area contributed by atoms with Crippen molar-refractivity contribution in [3.05, 3.63) is 77.8 Å². The van der Waals surface area contributed by atoms with Gasteiger partial charge < -0.3 is 15.4 Å². The third-order valence-electron chi connectivity index (χ3n) is 4.16. The van der Waals surface area contributed by atoms with Gasteiger partial charge in [-0.3, -0.25) is 14.7 Å². The van der Waals surface area contributed by atoms with Gasteiger partial charge in [-0.25, -0.2) is 0 Å². The van der Waals surface area contributed by atoms with Gasteiger partial charge in [0.25, 0.3) is 0 Å². The summed E-state index contributed by atoms with van der Waals surface area (Å²) >= 11 is 6.04. The first-order chi connectivity index (χ1) is 14.3. The zero-order chi connectivity index (χ0) is 20.3. The highest BCUT2D eigenvalue weighted by Crippen LogP contribution is 2.20. The summed E-state index contributed by atoms with van der Waals surface area (Å²) in [5.41, 5.74) is 1.10. The lowest BCUT2D eigenvalue weighted by Crippen LogP contribution is -2.39. The number of ether oxygens (including phenoxy) is 1. The van der Waals surface area contributed by atoms with E-state index in [2.05, 4.69) is 20.7 Å². The van der Waals surface area contributed by atoms with E-state index >= 15 is 0 Å². The lowest BCUT2D eigenvalue weighted by atomic mass is 10.1. The summed E-state index contributed by atoms with van der Waals surface area (Å²) in [5, 5.41) is 11.7. The molecule has 9 heteroatoms. The first kappa shape index (κ1) is 23.9. The molecular weight excluding hydrogens is 515 g/mol. The topological polar surface area (TPSA) is 76.4 Å². The van der Waals surface area contributed by atoms with E-state index < -0.39 is 0 Å². The quantitative estimate of drug-likeness (QED) is 0.187. The van der Waals surface area contributed by atoms with Gasteiger partial charge in [0.05, 0.1) is 25.3 Å². The zero-order valence-corrected chi connectivity index (χ0v) is 19.8. The Hall–Kier alpha value is -2.33. The largest absolute Gasteiger partial charge is 0.490 e. The van der Waals surface area contributed by atoms with Crippen LogP contribution in [-0.2, 0) is 0 Å². The number of hydrogen-bond donors (Lipinski definition) is 2. The fourth-order valence-corrected chi connectivity index (χ4v) is 2.91. The molecule has 0 saturated heterocycles. The van der Waals surface area contributed by atoms with Gasteiger partial charge in [0.15, 0.2) is 5.96 Å². The molecule has 1 aromatic carbocycles. The van der Waals surface area contributed by atoms with Crippen LogP contribution < -0.4 is 15.4 Å². The van der Waals surface area contributed by atoms with E-state index in [9.17, 15) is 0 Å². The summed E-state index contributed by atoms with van der Waals surface area (Å²) in [6.45, 7) is 4.46. The normalized spacial score (nSPS) is 12.0. The van der Waals surface area contributed by atoms with Crippen molar-refractivity contribution in [2.24, 2.45) is 4.99 Å². The molecule has 0 aliphatic rings. The number of hydrogen-bond acceptors (Lipinski definition) is 4. The van der Waals surface area contributed by atoms with Gasteiger partial charge in [-0.15, -0.1) is 24.0 Å². The van der Waals surface area contributed by atoms with Crippen molar-refractivity contribution in [2.75, 3.05) is 26.2 Å². The maximum Gasteiger partial charge on any atom is 0.191 e. The molecule has 0 bridgehead atoms. The van der Waals surface area contributed by atoms with Crippen molar-refractivity contribution in [2.45, 2.75) is 13.0 Å². The lowest BCUT2D eigenvalue weighted by Gasteiger charge is -2.18. The van der Waals surface area contributed by atoms with Gasteiger partial charge in [-0.1, -0.05) is 23.7 Å². The summed E-state index contributed by atoms with van der Waals surface area (Å²) in [6.07, 6.45) is 7.13. The van der Waals surface area contributed by atoms with E-state index in [-0.39, 0.29) is 30.0 Å². The molecule has 0 radical (unpaired) electrons. The standard InChI is InChI=1S/C21H25ClN6O.HI/c1-2-24-21(25-12-14-29-19-5-3-10-23-15-19)26-16-20(28-13-4-11-27-28)17-6-8-18(22)9-7-17;/h3-11,13,15,20H,2,12,14,16H2,1H3,(H2,24,25,26);1H. The molecule has 2 N–H and O–H groups in total. The summed E-state index contributed by atoms with van der Waals surface area (Å²) in [6, 6.07) is 13.4. The van der Waals surface area contributed by atoms with Gasteiger partial charge >= 0.3 is 0 Å². The van der Waals surface area contributed by atoms with Crippen molar-refractivity contribution in [1.82, 2.24) is 25.4 Å². The summed E-state index contributed by atoms with van der Waals surface area (Å²) in [4.78, 5) is 8.78. The third kappa shape index (κ3) is 7.49. The molecule has 1 atom stereocenters. The Morgan fingerprint density at radius 3 is 2.67 bits per heavy atom. The summed E-state index contributed by atoms with van der Waals surface area (Å²) < 4.78 is 7.57. The molecule has 3 rings (SSSR count). The van der Waals surface area contributed by atoms with E-state index in [0.717, 1.165) is 23.8 Å². The van der Waals surface area contributed by atoms with Gasteiger partial charge in [0.2, 0.25) is 0 Å². The molecule has 2 aromatic heterocycles. The van der Waals surface area contributed by atoms with Crippen molar-refractivity contribution in [1.29, 1.82) is 0 Å². The molecule has 0 saturated carbocycles.